The third kappa shape index (κ3) is 3.49. The van der Waals surface area contributed by atoms with E-state index in [1.54, 1.807) is 4.68 Å². The number of carbonyl (C=O) groups excluding carboxylic acids is 1. The van der Waals surface area contributed by atoms with Gasteiger partial charge in [-0.2, -0.15) is 5.10 Å². The molecule has 1 aromatic rings. The smallest absolute Gasteiger partial charge is 0.340 e. The summed E-state index contributed by atoms with van der Waals surface area (Å²) in [5, 5.41) is 4.48. The van der Waals surface area contributed by atoms with E-state index in [9.17, 15) is 9.59 Å². The second-order valence-corrected chi connectivity index (χ2v) is 6.85. The van der Waals surface area contributed by atoms with Gasteiger partial charge in [0.1, 0.15) is 5.82 Å². The predicted octanol–water partition coefficient (Wildman–Crippen LogP) is 0.181. The molecule has 3 rings (SSSR count). The predicted molar refractivity (Wildman–Crippen MR) is 87.3 cm³/mol. The Kier molecular flexibility index (Phi) is 4.84. The summed E-state index contributed by atoms with van der Waals surface area (Å²) in [6.45, 7) is 9.48. The van der Waals surface area contributed by atoms with Gasteiger partial charge in [0.2, 0.25) is 5.91 Å². The minimum Gasteiger partial charge on any atom is -0.340 e. The molecule has 0 aliphatic carbocycles. The van der Waals surface area contributed by atoms with Gasteiger partial charge in [-0.15, -0.1) is 0 Å². The largest absolute Gasteiger partial charge is 0.345 e. The number of fused-ring (bicyclic) bond motifs is 1. The lowest BCUT2D eigenvalue weighted by Gasteiger charge is -2.35. The SMILES string of the molecule is CC(C)C(=O)N1CCN(CCn2nc3n(c2=O)CCCC3)CC1. The van der Waals surface area contributed by atoms with E-state index in [-0.39, 0.29) is 17.5 Å². The molecule has 0 atom stereocenters. The molecule has 0 unspecified atom stereocenters. The molecule has 0 saturated carbocycles. The number of rotatable bonds is 4. The summed E-state index contributed by atoms with van der Waals surface area (Å²) in [5.41, 5.74) is 0.0355. The molecule has 0 aromatic carbocycles. The number of amides is 1. The van der Waals surface area contributed by atoms with Crippen LogP contribution in [0.5, 0.6) is 0 Å². The van der Waals surface area contributed by atoms with Crippen LogP contribution in [0.15, 0.2) is 4.79 Å². The van der Waals surface area contributed by atoms with Gasteiger partial charge in [-0.25, -0.2) is 9.48 Å². The second kappa shape index (κ2) is 6.86. The average Bonchev–Trinajstić information content (AvgIpc) is 2.89. The molecule has 0 radical (unpaired) electrons. The Labute approximate surface area is 136 Å². The van der Waals surface area contributed by atoms with Crippen molar-refractivity contribution in [2.24, 2.45) is 5.92 Å². The van der Waals surface area contributed by atoms with Crippen molar-refractivity contribution >= 4 is 5.91 Å². The van der Waals surface area contributed by atoms with E-state index in [1.807, 2.05) is 23.3 Å². The van der Waals surface area contributed by atoms with Crippen molar-refractivity contribution < 1.29 is 4.79 Å². The molecule has 0 spiro atoms. The molecule has 2 aliphatic rings. The molecule has 1 aromatic heterocycles. The molecular formula is C16H27N5O2. The Balaban J connectivity index is 1.52. The van der Waals surface area contributed by atoms with Crippen molar-refractivity contribution in [1.29, 1.82) is 0 Å². The van der Waals surface area contributed by atoms with Gasteiger partial charge in [0.25, 0.3) is 0 Å². The number of piperazine rings is 1. The molecule has 1 fully saturated rings. The maximum atomic E-state index is 12.3. The standard InChI is InChI=1S/C16H27N5O2/c1-13(2)15(22)19-10-7-18(8-11-19)9-12-21-16(23)20-6-4-3-5-14(20)17-21/h13H,3-12H2,1-2H3. The van der Waals surface area contributed by atoms with Crippen molar-refractivity contribution in [1.82, 2.24) is 24.1 Å². The van der Waals surface area contributed by atoms with Gasteiger partial charge in [-0.3, -0.25) is 14.3 Å². The maximum Gasteiger partial charge on any atom is 0.345 e. The maximum absolute atomic E-state index is 12.3. The van der Waals surface area contributed by atoms with Crippen LogP contribution in [0.2, 0.25) is 0 Å². The summed E-state index contributed by atoms with van der Waals surface area (Å²) in [7, 11) is 0. The van der Waals surface area contributed by atoms with Crippen LogP contribution in [0.3, 0.4) is 0 Å². The van der Waals surface area contributed by atoms with E-state index < -0.39 is 0 Å². The fourth-order valence-corrected chi connectivity index (χ4v) is 3.39. The fraction of sp³-hybridized carbons (Fsp3) is 0.812. The molecule has 0 N–H and O–H groups in total. The number of hydrogen-bond donors (Lipinski definition) is 0. The zero-order chi connectivity index (χ0) is 16.4. The van der Waals surface area contributed by atoms with Crippen molar-refractivity contribution in [3.05, 3.63) is 16.3 Å². The van der Waals surface area contributed by atoms with Crippen LogP contribution in [0.25, 0.3) is 0 Å². The zero-order valence-electron chi connectivity index (χ0n) is 14.2. The van der Waals surface area contributed by atoms with E-state index in [2.05, 4.69) is 10.00 Å². The van der Waals surface area contributed by atoms with Crippen LogP contribution >= 0.6 is 0 Å². The molecular weight excluding hydrogens is 294 g/mol. The quantitative estimate of drug-likeness (QED) is 0.794. The highest BCUT2D eigenvalue weighted by molar-refractivity contribution is 5.78. The Morgan fingerprint density at radius 2 is 1.83 bits per heavy atom. The van der Waals surface area contributed by atoms with Gasteiger partial charge in [-0.05, 0) is 12.8 Å². The fourth-order valence-electron chi connectivity index (χ4n) is 3.39. The van der Waals surface area contributed by atoms with Gasteiger partial charge in [0.15, 0.2) is 0 Å². The Morgan fingerprint density at radius 1 is 1.09 bits per heavy atom. The molecule has 128 valence electrons. The van der Waals surface area contributed by atoms with Gasteiger partial charge >= 0.3 is 5.69 Å². The molecule has 23 heavy (non-hydrogen) atoms. The zero-order valence-corrected chi connectivity index (χ0v) is 14.2. The number of aryl methyl sites for hydroxylation is 1. The summed E-state index contributed by atoms with van der Waals surface area (Å²) in [5.74, 6) is 1.24. The number of hydrogen-bond acceptors (Lipinski definition) is 4. The number of carbonyl (C=O) groups is 1. The summed E-state index contributed by atoms with van der Waals surface area (Å²) in [4.78, 5) is 28.5. The van der Waals surface area contributed by atoms with Crippen LogP contribution in [0.4, 0.5) is 0 Å². The highest BCUT2D eigenvalue weighted by Gasteiger charge is 2.23. The second-order valence-electron chi connectivity index (χ2n) is 6.85. The normalized spacial score (nSPS) is 19.2. The summed E-state index contributed by atoms with van der Waals surface area (Å²) in [6.07, 6.45) is 3.12. The van der Waals surface area contributed by atoms with E-state index in [4.69, 9.17) is 0 Å². The van der Waals surface area contributed by atoms with Gasteiger partial charge in [0, 0.05) is 51.6 Å². The molecule has 3 heterocycles. The topological polar surface area (TPSA) is 63.4 Å². The molecule has 7 heteroatoms. The van der Waals surface area contributed by atoms with E-state index in [1.165, 1.54) is 0 Å². The van der Waals surface area contributed by atoms with Crippen molar-refractivity contribution in [2.75, 3.05) is 32.7 Å². The molecule has 0 bridgehead atoms. The Hall–Kier alpha value is -1.63. The molecule has 1 amide bonds. The third-order valence-corrected chi connectivity index (χ3v) is 4.84. The third-order valence-electron chi connectivity index (χ3n) is 4.84. The molecule has 2 aliphatic heterocycles. The lowest BCUT2D eigenvalue weighted by atomic mass is 10.1. The van der Waals surface area contributed by atoms with Crippen LogP contribution in [-0.2, 0) is 24.3 Å². The van der Waals surface area contributed by atoms with Crippen LogP contribution < -0.4 is 5.69 Å². The van der Waals surface area contributed by atoms with Gasteiger partial charge in [0.05, 0.1) is 6.54 Å². The first-order valence-corrected chi connectivity index (χ1v) is 8.74. The first kappa shape index (κ1) is 16.2. The van der Waals surface area contributed by atoms with Crippen molar-refractivity contribution in [2.45, 2.75) is 46.2 Å². The first-order valence-electron chi connectivity index (χ1n) is 8.74. The van der Waals surface area contributed by atoms with Gasteiger partial charge < -0.3 is 4.90 Å². The highest BCUT2D eigenvalue weighted by Crippen LogP contribution is 2.10. The molecule has 7 nitrogen and oxygen atoms in total. The van der Waals surface area contributed by atoms with E-state index >= 15 is 0 Å². The van der Waals surface area contributed by atoms with E-state index in [0.29, 0.717) is 6.54 Å². The average molecular weight is 321 g/mol. The number of aromatic nitrogens is 3. The van der Waals surface area contributed by atoms with Crippen molar-refractivity contribution in [3.63, 3.8) is 0 Å². The Morgan fingerprint density at radius 3 is 2.48 bits per heavy atom. The van der Waals surface area contributed by atoms with Gasteiger partial charge in [-0.1, -0.05) is 13.8 Å². The monoisotopic (exact) mass is 321 g/mol. The minimum absolute atomic E-state index is 0.0355. The minimum atomic E-state index is 0.0355. The van der Waals surface area contributed by atoms with Crippen LogP contribution in [-0.4, -0.2) is 62.8 Å². The van der Waals surface area contributed by atoms with Crippen LogP contribution in [0.1, 0.15) is 32.5 Å². The van der Waals surface area contributed by atoms with E-state index in [0.717, 1.165) is 64.4 Å². The molecule has 1 saturated heterocycles. The lowest BCUT2D eigenvalue weighted by molar-refractivity contribution is -0.136. The summed E-state index contributed by atoms with van der Waals surface area (Å²) in [6, 6.07) is 0. The number of nitrogens with zero attached hydrogens (tertiary/aromatic N) is 5. The summed E-state index contributed by atoms with van der Waals surface area (Å²) >= 11 is 0. The lowest BCUT2D eigenvalue weighted by Crippen LogP contribution is -2.50. The first-order chi connectivity index (χ1) is 11.1. The Bertz CT molecular complexity index is 610. The van der Waals surface area contributed by atoms with Crippen LogP contribution in [0, 0.1) is 5.92 Å². The summed E-state index contributed by atoms with van der Waals surface area (Å²) < 4.78 is 3.44. The van der Waals surface area contributed by atoms with Crippen molar-refractivity contribution in [3.8, 4) is 0 Å². The highest BCUT2D eigenvalue weighted by atomic mass is 16.2.